The summed E-state index contributed by atoms with van der Waals surface area (Å²) in [6.45, 7) is 7.60. The predicted molar refractivity (Wildman–Crippen MR) is 110 cm³/mol. The molecular weight excluding hydrogens is 352 g/mol. The standard InChI is InChI=1S/C22H30N4O2/c1-3-4-12-26-21(27)9-8-20(24-26)22(28)23-19-10-13-25(14-11-19)16-18-7-5-6-17(2)15-18/h5-9,15,19H,3-4,10-14,16H2,1-2H3,(H,23,28). The van der Waals surface area contributed by atoms with Gasteiger partial charge in [0.2, 0.25) is 0 Å². The van der Waals surface area contributed by atoms with Crippen molar-refractivity contribution in [3.8, 4) is 0 Å². The van der Waals surface area contributed by atoms with Gasteiger partial charge in [-0.1, -0.05) is 43.2 Å². The Hall–Kier alpha value is -2.47. The molecule has 1 aromatic heterocycles. The van der Waals surface area contributed by atoms with Crippen molar-refractivity contribution < 1.29 is 4.79 Å². The van der Waals surface area contributed by atoms with Crippen LogP contribution in [0.3, 0.4) is 0 Å². The third-order valence-electron chi connectivity index (χ3n) is 5.23. The first kappa shape index (κ1) is 20.3. The number of rotatable bonds is 7. The summed E-state index contributed by atoms with van der Waals surface area (Å²) in [5, 5.41) is 7.32. The summed E-state index contributed by atoms with van der Waals surface area (Å²) < 4.78 is 1.39. The average Bonchev–Trinajstić information content (AvgIpc) is 2.69. The smallest absolute Gasteiger partial charge is 0.271 e. The number of nitrogens with one attached hydrogen (secondary N) is 1. The summed E-state index contributed by atoms with van der Waals surface area (Å²) in [7, 11) is 0. The Morgan fingerprint density at radius 1 is 1.21 bits per heavy atom. The maximum Gasteiger partial charge on any atom is 0.271 e. The van der Waals surface area contributed by atoms with Crippen LogP contribution in [0.4, 0.5) is 0 Å². The molecule has 6 heteroatoms. The van der Waals surface area contributed by atoms with Gasteiger partial charge in [-0.05, 0) is 37.8 Å². The van der Waals surface area contributed by atoms with Gasteiger partial charge in [-0.25, -0.2) is 4.68 Å². The predicted octanol–water partition coefficient (Wildman–Crippen LogP) is 2.75. The van der Waals surface area contributed by atoms with Gasteiger partial charge in [-0.3, -0.25) is 14.5 Å². The van der Waals surface area contributed by atoms with Gasteiger partial charge in [0.05, 0.1) is 0 Å². The van der Waals surface area contributed by atoms with Crippen LogP contribution in [0.5, 0.6) is 0 Å². The van der Waals surface area contributed by atoms with E-state index in [1.165, 1.54) is 27.9 Å². The lowest BCUT2D eigenvalue weighted by atomic mass is 10.0. The van der Waals surface area contributed by atoms with E-state index in [0.717, 1.165) is 45.3 Å². The summed E-state index contributed by atoms with van der Waals surface area (Å²) in [6, 6.07) is 11.7. The zero-order chi connectivity index (χ0) is 19.9. The fraction of sp³-hybridized carbons (Fsp3) is 0.500. The fourth-order valence-electron chi connectivity index (χ4n) is 3.60. The van der Waals surface area contributed by atoms with E-state index in [9.17, 15) is 9.59 Å². The number of carbonyl (C=O) groups is 1. The lowest BCUT2D eigenvalue weighted by Crippen LogP contribution is -2.44. The van der Waals surface area contributed by atoms with E-state index in [4.69, 9.17) is 0 Å². The monoisotopic (exact) mass is 382 g/mol. The quantitative estimate of drug-likeness (QED) is 0.800. The number of carbonyl (C=O) groups excluding carboxylic acids is 1. The second-order valence-corrected chi connectivity index (χ2v) is 7.65. The highest BCUT2D eigenvalue weighted by molar-refractivity contribution is 5.92. The van der Waals surface area contributed by atoms with Crippen LogP contribution in [0, 0.1) is 6.92 Å². The van der Waals surface area contributed by atoms with Crippen molar-refractivity contribution in [2.45, 2.75) is 58.7 Å². The molecule has 0 bridgehead atoms. The highest BCUT2D eigenvalue weighted by Gasteiger charge is 2.22. The SMILES string of the molecule is CCCCn1nc(C(=O)NC2CCN(Cc3cccc(C)c3)CC2)ccc1=O. The van der Waals surface area contributed by atoms with Gasteiger partial charge >= 0.3 is 0 Å². The minimum Gasteiger partial charge on any atom is -0.348 e. The average molecular weight is 383 g/mol. The van der Waals surface area contributed by atoms with Crippen molar-refractivity contribution in [1.29, 1.82) is 0 Å². The molecule has 28 heavy (non-hydrogen) atoms. The number of benzene rings is 1. The normalized spacial score (nSPS) is 15.5. The Balaban J connectivity index is 1.51. The lowest BCUT2D eigenvalue weighted by molar-refractivity contribution is 0.0901. The largest absolute Gasteiger partial charge is 0.348 e. The summed E-state index contributed by atoms with van der Waals surface area (Å²) in [5.74, 6) is -0.192. The first-order chi connectivity index (χ1) is 13.5. The summed E-state index contributed by atoms with van der Waals surface area (Å²) in [6.07, 6.45) is 3.70. The molecule has 2 heterocycles. The van der Waals surface area contributed by atoms with Gasteiger partial charge in [-0.15, -0.1) is 0 Å². The number of unbranched alkanes of at least 4 members (excludes halogenated alkanes) is 1. The molecule has 0 radical (unpaired) electrons. The van der Waals surface area contributed by atoms with Crippen LogP contribution in [0.15, 0.2) is 41.2 Å². The third kappa shape index (κ3) is 5.52. The fourth-order valence-corrected chi connectivity index (χ4v) is 3.60. The first-order valence-electron chi connectivity index (χ1n) is 10.2. The minimum absolute atomic E-state index is 0.152. The van der Waals surface area contributed by atoms with Crippen molar-refractivity contribution >= 4 is 5.91 Å². The molecular formula is C22H30N4O2. The maximum atomic E-state index is 12.6. The number of piperidine rings is 1. The molecule has 1 fully saturated rings. The number of likely N-dealkylation sites (tertiary alicyclic amines) is 1. The molecule has 2 aromatic rings. The summed E-state index contributed by atoms with van der Waals surface area (Å²) in [5.41, 5.74) is 2.78. The minimum atomic E-state index is -0.192. The number of aromatic nitrogens is 2. The van der Waals surface area contributed by atoms with Crippen LogP contribution in [-0.4, -0.2) is 39.7 Å². The van der Waals surface area contributed by atoms with Gasteiger partial charge < -0.3 is 5.32 Å². The Kier molecular flexibility index (Phi) is 6.98. The van der Waals surface area contributed by atoms with Crippen molar-refractivity contribution in [3.63, 3.8) is 0 Å². The Bertz CT molecular complexity index is 854. The summed E-state index contributed by atoms with van der Waals surface area (Å²) in [4.78, 5) is 26.8. The van der Waals surface area contributed by atoms with Gasteiger partial charge in [0.1, 0.15) is 5.69 Å². The van der Waals surface area contributed by atoms with Crippen molar-refractivity contribution in [1.82, 2.24) is 20.0 Å². The maximum absolute atomic E-state index is 12.6. The lowest BCUT2D eigenvalue weighted by Gasteiger charge is -2.32. The van der Waals surface area contributed by atoms with E-state index in [1.807, 2.05) is 0 Å². The Morgan fingerprint density at radius 2 is 2.00 bits per heavy atom. The second-order valence-electron chi connectivity index (χ2n) is 7.65. The topological polar surface area (TPSA) is 67.2 Å². The van der Waals surface area contributed by atoms with Crippen molar-refractivity contribution in [2.24, 2.45) is 0 Å². The zero-order valence-electron chi connectivity index (χ0n) is 16.9. The molecule has 0 aliphatic carbocycles. The summed E-state index contributed by atoms with van der Waals surface area (Å²) >= 11 is 0. The Morgan fingerprint density at radius 3 is 2.71 bits per heavy atom. The molecule has 1 N–H and O–H groups in total. The number of nitrogens with zero attached hydrogens (tertiary/aromatic N) is 3. The van der Waals surface area contributed by atoms with Crippen LogP contribution in [-0.2, 0) is 13.1 Å². The molecule has 1 aliphatic heterocycles. The molecule has 0 atom stereocenters. The number of hydrogen-bond donors (Lipinski definition) is 1. The van der Waals surface area contributed by atoms with Crippen molar-refractivity contribution in [2.75, 3.05) is 13.1 Å². The van der Waals surface area contributed by atoms with E-state index in [2.05, 4.69) is 53.4 Å². The van der Waals surface area contributed by atoms with Crippen LogP contribution in [0.2, 0.25) is 0 Å². The molecule has 0 spiro atoms. The number of amides is 1. The van der Waals surface area contributed by atoms with E-state index < -0.39 is 0 Å². The van der Waals surface area contributed by atoms with E-state index >= 15 is 0 Å². The molecule has 1 aromatic carbocycles. The molecule has 150 valence electrons. The van der Waals surface area contributed by atoms with Gasteiger partial charge in [0.25, 0.3) is 11.5 Å². The van der Waals surface area contributed by atoms with Crippen LogP contribution in [0.1, 0.15) is 54.2 Å². The third-order valence-corrected chi connectivity index (χ3v) is 5.23. The highest BCUT2D eigenvalue weighted by atomic mass is 16.2. The first-order valence-corrected chi connectivity index (χ1v) is 10.2. The van der Waals surface area contributed by atoms with E-state index in [0.29, 0.717) is 12.2 Å². The molecule has 0 unspecified atom stereocenters. The molecule has 6 nitrogen and oxygen atoms in total. The van der Waals surface area contributed by atoms with Crippen LogP contribution >= 0.6 is 0 Å². The van der Waals surface area contributed by atoms with Gasteiger partial charge in [-0.2, -0.15) is 5.10 Å². The number of aryl methyl sites for hydroxylation is 2. The number of hydrogen-bond acceptors (Lipinski definition) is 4. The highest BCUT2D eigenvalue weighted by Crippen LogP contribution is 2.15. The molecule has 1 amide bonds. The molecule has 1 aliphatic rings. The van der Waals surface area contributed by atoms with E-state index in [1.54, 1.807) is 0 Å². The van der Waals surface area contributed by atoms with E-state index in [-0.39, 0.29) is 17.5 Å². The van der Waals surface area contributed by atoms with Crippen LogP contribution in [0.25, 0.3) is 0 Å². The van der Waals surface area contributed by atoms with Crippen molar-refractivity contribution in [3.05, 3.63) is 63.6 Å². The molecule has 3 rings (SSSR count). The molecule has 0 saturated carbocycles. The van der Waals surface area contributed by atoms with Gasteiger partial charge in [0.15, 0.2) is 0 Å². The molecule has 1 saturated heterocycles. The zero-order valence-corrected chi connectivity index (χ0v) is 16.9. The van der Waals surface area contributed by atoms with Crippen LogP contribution < -0.4 is 10.9 Å². The second kappa shape index (κ2) is 9.64. The van der Waals surface area contributed by atoms with Gasteiger partial charge in [0, 0.05) is 38.3 Å². The Labute approximate surface area is 166 Å².